The summed E-state index contributed by atoms with van der Waals surface area (Å²) < 4.78 is 5.37. The lowest BCUT2D eigenvalue weighted by atomic mass is 10.2. The first-order chi connectivity index (χ1) is 13.5. The van der Waals surface area contributed by atoms with Crippen molar-refractivity contribution < 1.29 is 9.53 Å². The number of carbonyl (C=O) groups is 1. The molecule has 2 aliphatic rings. The molecule has 0 saturated carbocycles. The van der Waals surface area contributed by atoms with Crippen molar-refractivity contribution in [3.8, 4) is 0 Å². The second kappa shape index (κ2) is 10.1. The first-order valence-corrected chi connectivity index (χ1v) is 10.4. The first-order valence-electron chi connectivity index (χ1n) is 10.4. The quantitative estimate of drug-likeness (QED) is 0.711. The van der Waals surface area contributed by atoms with E-state index in [0.29, 0.717) is 13.0 Å². The number of hydrogen-bond acceptors (Lipinski definition) is 7. The van der Waals surface area contributed by atoms with Crippen LogP contribution in [-0.4, -0.2) is 86.2 Å². The van der Waals surface area contributed by atoms with Gasteiger partial charge in [-0.1, -0.05) is 0 Å². The van der Waals surface area contributed by atoms with Crippen LogP contribution < -0.4 is 10.2 Å². The smallest absolute Gasteiger partial charge is 0.222 e. The lowest BCUT2D eigenvalue weighted by Gasteiger charge is -2.26. The van der Waals surface area contributed by atoms with Crippen molar-refractivity contribution in [3.05, 3.63) is 17.6 Å². The van der Waals surface area contributed by atoms with Crippen LogP contribution >= 0.6 is 0 Å². The highest BCUT2D eigenvalue weighted by Crippen LogP contribution is 2.22. The maximum atomic E-state index is 12.6. The number of nitrogens with one attached hydrogen (secondary N) is 1. The maximum Gasteiger partial charge on any atom is 0.222 e. The Labute approximate surface area is 168 Å². The predicted molar refractivity (Wildman–Crippen MR) is 109 cm³/mol. The van der Waals surface area contributed by atoms with Gasteiger partial charge in [-0.15, -0.1) is 0 Å². The summed E-state index contributed by atoms with van der Waals surface area (Å²) >= 11 is 0. The van der Waals surface area contributed by atoms with Gasteiger partial charge in [0.15, 0.2) is 0 Å². The zero-order valence-electron chi connectivity index (χ0n) is 17.5. The molecule has 8 nitrogen and oxygen atoms in total. The molecule has 28 heavy (non-hydrogen) atoms. The SMILES string of the molecule is CN(Cc1cc(N(C)C)nc([C@@H]2CCCN2)n1)C(=O)CCCN1CCOCC1. The Kier molecular flexibility index (Phi) is 7.58. The molecule has 2 fully saturated rings. The van der Waals surface area contributed by atoms with Crippen LogP contribution in [0.3, 0.4) is 0 Å². The van der Waals surface area contributed by atoms with Gasteiger partial charge in [0.25, 0.3) is 0 Å². The summed E-state index contributed by atoms with van der Waals surface area (Å²) in [5, 5.41) is 3.46. The van der Waals surface area contributed by atoms with Crippen molar-refractivity contribution in [2.24, 2.45) is 0 Å². The highest BCUT2D eigenvalue weighted by molar-refractivity contribution is 5.75. The van der Waals surface area contributed by atoms with Crippen molar-refractivity contribution in [1.29, 1.82) is 0 Å². The van der Waals surface area contributed by atoms with Gasteiger partial charge in [0.2, 0.25) is 5.91 Å². The van der Waals surface area contributed by atoms with Gasteiger partial charge in [0, 0.05) is 46.7 Å². The fraction of sp³-hybridized carbons (Fsp3) is 0.750. The van der Waals surface area contributed by atoms with E-state index in [2.05, 4.69) is 10.2 Å². The fourth-order valence-corrected chi connectivity index (χ4v) is 3.67. The van der Waals surface area contributed by atoms with Gasteiger partial charge < -0.3 is 19.9 Å². The second-order valence-electron chi connectivity index (χ2n) is 7.93. The van der Waals surface area contributed by atoms with Gasteiger partial charge in [-0.3, -0.25) is 9.69 Å². The van der Waals surface area contributed by atoms with Crippen molar-refractivity contribution >= 4 is 11.7 Å². The Morgan fingerprint density at radius 1 is 1.29 bits per heavy atom. The van der Waals surface area contributed by atoms with Crippen molar-refractivity contribution in [2.45, 2.75) is 38.3 Å². The molecule has 1 aromatic heterocycles. The number of amides is 1. The van der Waals surface area contributed by atoms with Gasteiger partial charge in [-0.25, -0.2) is 9.97 Å². The lowest BCUT2D eigenvalue weighted by molar-refractivity contribution is -0.130. The molecule has 0 spiro atoms. The number of nitrogens with zero attached hydrogens (tertiary/aromatic N) is 5. The van der Waals surface area contributed by atoms with Crippen molar-refractivity contribution in [1.82, 2.24) is 25.1 Å². The summed E-state index contributed by atoms with van der Waals surface area (Å²) in [6, 6.07) is 2.20. The molecule has 3 rings (SSSR count). The summed E-state index contributed by atoms with van der Waals surface area (Å²) in [5.74, 6) is 1.90. The van der Waals surface area contributed by atoms with Crippen molar-refractivity contribution in [3.63, 3.8) is 0 Å². The molecule has 0 radical (unpaired) electrons. The minimum Gasteiger partial charge on any atom is -0.379 e. The van der Waals surface area contributed by atoms with E-state index in [1.807, 2.05) is 32.1 Å². The molecule has 0 aliphatic carbocycles. The number of hydrogen-bond donors (Lipinski definition) is 1. The average Bonchev–Trinajstić information content (AvgIpc) is 3.23. The highest BCUT2D eigenvalue weighted by Gasteiger charge is 2.21. The van der Waals surface area contributed by atoms with Crippen LogP contribution in [0, 0.1) is 0 Å². The highest BCUT2D eigenvalue weighted by atomic mass is 16.5. The molecule has 3 heterocycles. The topological polar surface area (TPSA) is 73.8 Å². The Morgan fingerprint density at radius 3 is 2.75 bits per heavy atom. The van der Waals surface area contributed by atoms with Crippen LogP contribution in [0.5, 0.6) is 0 Å². The maximum absolute atomic E-state index is 12.6. The third-order valence-corrected chi connectivity index (χ3v) is 5.41. The number of morpholine rings is 1. The molecule has 8 heteroatoms. The van der Waals surface area contributed by atoms with Crippen molar-refractivity contribution in [2.75, 3.05) is 65.4 Å². The van der Waals surface area contributed by atoms with Crippen LogP contribution in [0.2, 0.25) is 0 Å². The Morgan fingerprint density at radius 2 is 2.07 bits per heavy atom. The van der Waals surface area contributed by atoms with Crippen LogP contribution in [0.1, 0.15) is 43.2 Å². The van der Waals surface area contributed by atoms with E-state index in [1.165, 1.54) is 0 Å². The number of aromatic nitrogens is 2. The molecule has 2 aliphatic heterocycles. The van der Waals surface area contributed by atoms with E-state index in [0.717, 1.165) is 76.0 Å². The minimum atomic E-state index is 0.166. The predicted octanol–water partition coefficient (Wildman–Crippen LogP) is 1.04. The van der Waals surface area contributed by atoms with E-state index >= 15 is 0 Å². The molecule has 0 bridgehead atoms. The van der Waals surface area contributed by atoms with E-state index in [1.54, 1.807) is 4.90 Å². The second-order valence-corrected chi connectivity index (χ2v) is 7.93. The molecule has 1 aromatic rings. The standard InChI is InChI=1S/C20H34N6O2/c1-24(2)18-14-16(22-20(23-18)17-6-4-8-21-17)15-25(3)19(27)7-5-9-26-10-12-28-13-11-26/h14,17,21H,4-13,15H2,1-3H3/t17-/m0/s1. The third kappa shape index (κ3) is 5.86. The summed E-state index contributed by atoms with van der Waals surface area (Å²) in [6.45, 7) is 6.02. The van der Waals surface area contributed by atoms with E-state index in [-0.39, 0.29) is 11.9 Å². The molecule has 1 N–H and O–H groups in total. The Bertz CT molecular complexity index is 642. The molecule has 1 amide bonds. The Balaban J connectivity index is 1.55. The van der Waals surface area contributed by atoms with Crippen LogP contribution in [0.25, 0.3) is 0 Å². The summed E-state index contributed by atoms with van der Waals surface area (Å²) in [4.78, 5) is 28.2. The van der Waals surface area contributed by atoms with Crippen LogP contribution in [-0.2, 0) is 16.1 Å². The number of carbonyl (C=O) groups excluding carboxylic acids is 1. The summed E-state index contributed by atoms with van der Waals surface area (Å²) in [7, 11) is 5.83. The normalized spacial score (nSPS) is 20.3. The zero-order valence-corrected chi connectivity index (χ0v) is 17.5. The number of anilines is 1. The van der Waals surface area contributed by atoms with Gasteiger partial charge in [-0.05, 0) is 32.4 Å². The van der Waals surface area contributed by atoms with Crippen LogP contribution in [0.4, 0.5) is 5.82 Å². The molecular weight excluding hydrogens is 356 g/mol. The van der Waals surface area contributed by atoms with Crippen LogP contribution in [0.15, 0.2) is 6.07 Å². The molecule has 0 aromatic carbocycles. The monoisotopic (exact) mass is 390 g/mol. The zero-order chi connectivity index (χ0) is 19.9. The summed E-state index contributed by atoms with van der Waals surface area (Å²) in [5.41, 5.74) is 0.895. The molecule has 2 saturated heterocycles. The van der Waals surface area contributed by atoms with Gasteiger partial charge >= 0.3 is 0 Å². The number of ether oxygens (including phenoxy) is 1. The average molecular weight is 391 g/mol. The van der Waals surface area contributed by atoms with E-state index in [4.69, 9.17) is 14.7 Å². The molecular formula is C20H34N6O2. The minimum absolute atomic E-state index is 0.166. The lowest BCUT2D eigenvalue weighted by Crippen LogP contribution is -2.37. The van der Waals surface area contributed by atoms with E-state index < -0.39 is 0 Å². The molecule has 0 unspecified atom stereocenters. The fourth-order valence-electron chi connectivity index (χ4n) is 3.67. The van der Waals surface area contributed by atoms with E-state index in [9.17, 15) is 4.79 Å². The largest absolute Gasteiger partial charge is 0.379 e. The Hall–Kier alpha value is -1.77. The first kappa shape index (κ1) is 21.0. The molecule has 1 atom stereocenters. The summed E-state index contributed by atoms with van der Waals surface area (Å²) in [6.07, 6.45) is 3.66. The van der Waals surface area contributed by atoms with Gasteiger partial charge in [0.1, 0.15) is 11.6 Å². The molecule has 156 valence electrons. The van der Waals surface area contributed by atoms with Gasteiger partial charge in [-0.2, -0.15) is 0 Å². The third-order valence-electron chi connectivity index (χ3n) is 5.41. The number of rotatable bonds is 8. The van der Waals surface area contributed by atoms with Gasteiger partial charge in [0.05, 0.1) is 31.5 Å².